The molecule has 2 nitrogen and oxygen atoms in total. The molecular weight excluding hydrogens is 244 g/mol. The first-order chi connectivity index (χ1) is 9.95. The van der Waals surface area contributed by atoms with Gasteiger partial charge in [0.2, 0.25) is 0 Å². The lowest BCUT2D eigenvalue weighted by Gasteiger charge is -2.28. The van der Waals surface area contributed by atoms with Crippen LogP contribution in [0.5, 0.6) is 0 Å². The summed E-state index contributed by atoms with van der Waals surface area (Å²) in [6.07, 6.45) is 1.24. The monoisotopic (exact) mass is 264 g/mol. The van der Waals surface area contributed by atoms with Gasteiger partial charge in [-0.2, -0.15) is 0 Å². The minimum atomic E-state index is 0.447. The maximum atomic E-state index is 3.51. The van der Waals surface area contributed by atoms with E-state index in [4.69, 9.17) is 0 Å². The Bertz CT molecular complexity index is 567. The third-order valence-electron chi connectivity index (χ3n) is 4.54. The lowest BCUT2D eigenvalue weighted by atomic mass is 10.0. The smallest absolute Gasteiger partial charge is 0.0614 e. The number of hydrogen-bond donors (Lipinski definition) is 1. The van der Waals surface area contributed by atoms with E-state index < -0.39 is 0 Å². The van der Waals surface area contributed by atoms with Crippen LogP contribution < -0.4 is 5.32 Å². The normalized spacial score (nSPS) is 19.4. The van der Waals surface area contributed by atoms with Crippen molar-refractivity contribution in [3.63, 3.8) is 0 Å². The summed E-state index contributed by atoms with van der Waals surface area (Å²) in [5, 5.41) is 3.51. The van der Waals surface area contributed by atoms with Gasteiger partial charge in [-0.25, -0.2) is 0 Å². The molecule has 4 rings (SSSR count). The van der Waals surface area contributed by atoms with Crippen LogP contribution in [0.1, 0.15) is 23.6 Å². The molecule has 0 unspecified atom stereocenters. The zero-order valence-corrected chi connectivity index (χ0v) is 11.7. The van der Waals surface area contributed by atoms with Crippen molar-refractivity contribution in [1.29, 1.82) is 0 Å². The molecule has 0 bridgehead atoms. The highest BCUT2D eigenvalue weighted by Gasteiger charge is 2.32. The minimum absolute atomic E-state index is 0.447. The second-order valence-corrected chi connectivity index (χ2v) is 5.72. The molecule has 1 aliphatic heterocycles. The molecule has 0 aromatic heterocycles. The Morgan fingerprint density at radius 3 is 2.15 bits per heavy atom. The average molecular weight is 264 g/mol. The van der Waals surface area contributed by atoms with Crippen LogP contribution >= 0.6 is 0 Å². The summed E-state index contributed by atoms with van der Waals surface area (Å²) >= 11 is 0. The van der Waals surface area contributed by atoms with Gasteiger partial charge in [-0.3, -0.25) is 4.90 Å². The molecule has 1 saturated heterocycles. The molecular formula is C18H20N2. The molecule has 0 radical (unpaired) electrons. The zero-order chi connectivity index (χ0) is 13.4. The molecule has 0 saturated carbocycles. The molecule has 0 atom stereocenters. The number of hydrogen-bond acceptors (Lipinski definition) is 2. The summed E-state index contributed by atoms with van der Waals surface area (Å²) in [7, 11) is 0. The van der Waals surface area contributed by atoms with Crippen molar-refractivity contribution in [3.8, 4) is 11.1 Å². The molecule has 1 aliphatic carbocycles. The summed E-state index contributed by atoms with van der Waals surface area (Å²) in [6, 6.07) is 18.2. The van der Waals surface area contributed by atoms with Crippen LogP contribution in [0.25, 0.3) is 11.1 Å². The fourth-order valence-corrected chi connectivity index (χ4v) is 3.65. The summed E-state index contributed by atoms with van der Waals surface area (Å²) in [5.74, 6) is 0. The lowest BCUT2D eigenvalue weighted by Crippen LogP contribution is -2.32. The first-order valence-electron chi connectivity index (χ1n) is 7.58. The van der Waals surface area contributed by atoms with Crippen molar-refractivity contribution in [2.24, 2.45) is 0 Å². The van der Waals surface area contributed by atoms with Gasteiger partial charge in [0.1, 0.15) is 0 Å². The highest BCUT2D eigenvalue weighted by atomic mass is 15.2. The Morgan fingerprint density at radius 1 is 0.800 bits per heavy atom. The van der Waals surface area contributed by atoms with Crippen molar-refractivity contribution < 1.29 is 0 Å². The first-order valence-corrected chi connectivity index (χ1v) is 7.58. The van der Waals surface area contributed by atoms with Gasteiger partial charge < -0.3 is 5.32 Å². The van der Waals surface area contributed by atoms with Gasteiger partial charge in [-0.15, -0.1) is 0 Å². The molecule has 1 heterocycles. The molecule has 1 fully saturated rings. The Morgan fingerprint density at radius 2 is 1.45 bits per heavy atom. The molecule has 2 aromatic rings. The van der Waals surface area contributed by atoms with Crippen LogP contribution in [-0.2, 0) is 0 Å². The third-order valence-corrected chi connectivity index (χ3v) is 4.54. The van der Waals surface area contributed by atoms with E-state index in [0.717, 1.165) is 19.6 Å². The molecule has 2 heteroatoms. The Labute approximate surface area is 120 Å². The van der Waals surface area contributed by atoms with Crippen LogP contribution in [0.4, 0.5) is 0 Å². The van der Waals surface area contributed by atoms with Gasteiger partial charge in [0.15, 0.2) is 0 Å². The van der Waals surface area contributed by atoms with Crippen molar-refractivity contribution in [2.75, 3.05) is 26.2 Å². The molecule has 0 spiro atoms. The predicted octanol–water partition coefficient (Wildman–Crippen LogP) is 3.05. The SMILES string of the molecule is c1ccc2c(c1)-c1ccccc1C2N1CCCNCC1. The van der Waals surface area contributed by atoms with E-state index in [1.807, 2.05) is 0 Å². The molecule has 20 heavy (non-hydrogen) atoms. The number of rotatable bonds is 1. The second-order valence-electron chi connectivity index (χ2n) is 5.72. The van der Waals surface area contributed by atoms with E-state index in [-0.39, 0.29) is 0 Å². The van der Waals surface area contributed by atoms with Crippen LogP contribution in [-0.4, -0.2) is 31.1 Å². The van der Waals surface area contributed by atoms with Gasteiger partial charge in [0, 0.05) is 19.6 Å². The Balaban J connectivity index is 1.82. The fourth-order valence-electron chi connectivity index (χ4n) is 3.65. The molecule has 2 aliphatic rings. The molecule has 1 N–H and O–H groups in total. The maximum absolute atomic E-state index is 3.51. The average Bonchev–Trinajstić information content (AvgIpc) is 2.65. The van der Waals surface area contributed by atoms with Crippen molar-refractivity contribution in [1.82, 2.24) is 10.2 Å². The van der Waals surface area contributed by atoms with Crippen LogP contribution in [0.2, 0.25) is 0 Å². The van der Waals surface area contributed by atoms with Gasteiger partial charge in [-0.05, 0) is 35.2 Å². The van der Waals surface area contributed by atoms with Crippen molar-refractivity contribution in [2.45, 2.75) is 12.5 Å². The first kappa shape index (κ1) is 12.1. The Hall–Kier alpha value is -1.64. The van der Waals surface area contributed by atoms with E-state index in [1.54, 1.807) is 0 Å². The number of fused-ring (bicyclic) bond motifs is 3. The van der Waals surface area contributed by atoms with E-state index in [2.05, 4.69) is 58.7 Å². The largest absolute Gasteiger partial charge is 0.315 e. The van der Waals surface area contributed by atoms with E-state index in [1.165, 1.54) is 35.2 Å². The third kappa shape index (κ3) is 1.88. The number of nitrogens with one attached hydrogen (secondary N) is 1. The Kier molecular flexibility index (Phi) is 3.06. The predicted molar refractivity (Wildman–Crippen MR) is 82.8 cm³/mol. The van der Waals surface area contributed by atoms with Crippen LogP contribution in [0.15, 0.2) is 48.5 Å². The topological polar surface area (TPSA) is 15.3 Å². The highest BCUT2D eigenvalue weighted by molar-refractivity contribution is 5.78. The van der Waals surface area contributed by atoms with Crippen molar-refractivity contribution in [3.05, 3.63) is 59.7 Å². The quantitative estimate of drug-likeness (QED) is 0.851. The van der Waals surface area contributed by atoms with Gasteiger partial charge in [0.25, 0.3) is 0 Å². The zero-order valence-electron chi connectivity index (χ0n) is 11.7. The van der Waals surface area contributed by atoms with Gasteiger partial charge in [0.05, 0.1) is 6.04 Å². The van der Waals surface area contributed by atoms with E-state index in [9.17, 15) is 0 Å². The van der Waals surface area contributed by atoms with E-state index >= 15 is 0 Å². The second kappa shape index (κ2) is 5.04. The molecule has 0 amide bonds. The van der Waals surface area contributed by atoms with Gasteiger partial charge in [-0.1, -0.05) is 48.5 Å². The van der Waals surface area contributed by atoms with Gasteiger partial charge >= 0.3 is 0 Å². The number of benzene rings is 2. The van der Waals surface area contributed by atoms with Crippen LogP contribution in [0.3, 0.4) is 0 Å². The minimum Gasteiger partial charge on any atom is -0.315 e. The lowest BCUT2D eigenvalue weighted by molar-refractivity contribution is 0.244. The fraction of sp³-hybridized carbons (Fsp3) is 0.333. The molecule has 2 aromatic carbocycles. The maximum Gasteiger partial charge on any atom is 0.0614 e. The standard InChI is InChI=1S/C18H20N2/c1-3-8-16-14(6-1)15-7-2-4-9-17(15)18(16)20-12-5-10-19-11-13-20/h1-4,6-9,18-19H,5,10-13H2. The van der Waals surface area contributed by atoms with Crippen LogP contribution in [0, 0.1) is 0 Å². The number of nitrogens with zero attached hydrogens (tertiary/aromatic N) is 1. The molecule has 102 valence electrons. The highest BCUT2D eigenvalue weighted by Crippen LogP contribution is 2.46. The summed E-state index contributed by atoms with van der Waals surface area (Å²) in [6.45, 7) is 4.56. The summed E-state index contributed by atoms with van der Waals surface area (Å²) in [5.41, 5.74) is 5.81. The van der Waals surface area contributed by atoms with Crippen molar-refractivity contribution >= 4 is 0 Å². The summed E-state index contributed by atoms with van der Waals surface area (Å²) < 4.78 is 0. The summed E-state index contributed by atoms with van der Waals surface area (Å²) in [4.78, 5) is 2.64. The van der Waals surface area contributed by atoms with E-state index in [0.29, 0.717) is 6.04 Å².